The van der Waals surface area contributed by atoms with E-state index in [-0.39, 0.29) is 11.5 Å². The van der Waals surface area contributed by atoms with Gasteiger partial charge in [-0.25, -0.2) is 5.43 Å². The minimum absolute atomic E-state index is 0.0928. The third kappa shape index (κ3) is 6.53. The minimum Gasteiger partial charge on any atom is -0.326 e. The number of rotatable bonds is 7. The number of unbranched alkanes of at least 4 members (excludes halogenated alkanes) is 1. The van der Waals surface area contributed by atoms with Gasteiger partial charge in [0.15, 0.2) is 0 Å². The highest BCUT2D eigenvalue weighted by Crippen LogP contribution is 2.29. The minimum atomic E-state index is -4.44. The zero-order valence-corrected chi connectivity index (χ0v) is 15.2. The quantitative estimate of drug-likeness (QED) is 0.535. The standard InChI is InChI=1S/C20H20F3N3O2/c1-2-3-7-18(27)25-17-10-8-15(9-11-17)19(28)26-24-13-14-5-4-6-16(12-14)20(21,22)23/h4-6,8-13H,2-3,7H2,1H3,(H,25,27)(H,26,28). The highest BCUT2D eigenvalue weighted by Gasteiger charge is 2.30. The van der Waals surface area contributed by atoms with Crippen LogP contribution in [0.5, 0.6) is 0 Å². The molecule has 28 heavy (non-hydrogen) atoms. The van der Waals surface area contributed by atoms with Crippen molar-refractivity contribution in [2.45, 2.75) is 32.4 Å². The lowest BCUT2D eigenvalue weighted by atomic mass is 10.1. The average Bonchev–Trinajstić information content (AvgIpc) is 2.66. The second kappa shape index (κ2) is 9.68. The van der Waals surface area contributed by atoms with Gasteiger partial charge in [-0.1, -0.05) is 25.5 Å². The van der Waals surface area contributed by atoms with Crippen LogP contribution in [-0.2, 0) is 11.0 Å². The van der Waals surface area contributed by atoms with Crippen LogP contribution in [0.2, 0.25) is 0 Å². The number of benzene rings is 2. The summed E-state index contributed by atoms with van der Waals surface area (Å²) in [6, 6.07) is 10.8. The molecule has 5 nitrogen and oxygen atoms in total. The number of halogens is 3. The van der Waals surface area contributed by atoms with Crippen LogP contribution in [0.15, 0.2) is 53.6 Å². The Hall–Kier alpha value is -3.16. The van der Waals surface area contributed by atoms with Gasteiger partial charge in [-0.05, 0) is 48.4 Å². The Morgan fingerprint density at radius 2 is 1.82 bits per heavy atom. The summed E-state index contributed by atoms with van der Waals surface area (Å²) in [5.74, 6) is -0.614. The van der Waals surface area contributed by atoms with Gasteiger partial charge in [0.25, 0.3) is 5.91 Å². The lowest BCUT2D eigenvalue weighted by molar-refractivity contribution is -0.137. The Kier molecular flexibility index (Phi) is 7.31. The second-order valence-electron chi connectivity index (χ2n) is 6.05. The van der Waals surface area contributed by atoms with Crippen LogP contribution < -0.4 is 10.7 Å². The van der Waals surface area contributed by atoms with Gasteiger partial charge in [0, 0.05) is 17.7 Å². The number of nitrogens with one attached hydrogen (secondary N) is 2. The highest BCUT2D eigenvalue weighted by atomic mass is 19.4. The largest absolute Gasteiger partial charge is 0.416 e. The van der Waals surface area contributed by atoms with E-state index in [0.29, 0.717) is 17.7 Å². The van der Waals surface area contributed by atoms with Crippen molar-refractivity contribution in [1.29, 1.82) is 0 Å². The molecule has 0 aromatic heterocycles. The first-order chi connectivity index (χ1) is 13.3. The molecule has 0 atom stereocenters. The number of carbonyl (C=O) groups excluding carboxylic acids is 2. The predicted molar refractivity (Wildman–Crippen MR) is 101 cm³/mol. The summed E-state index contributed by atoms with van der Waals surface area (Å²) >= 11 is 0. The van der Waals surface area contributed by atoms with Gasteiger partial charge in [-0.2, -0.15) is 18.3 Å². The van der Waals surface area contributed by atoms with Gasteiger partial charge < -0.3 is 5.32 Å². The lowest BCUT2D eigenvalue weighted by Gasteiger charge is -2.07. The summed E-state index contributed by atoms with van der Waals surface area (Å²) in [6.45, 7) is 2.00. The molecule has 2 aromatic rings. The topological polar surface area (TPSA) is 70.6 Å². The van der Waals surface area contributed by atoms with E-state index in [1.165, 1.54) is 24.3 Å². The van der Waals surface area contributed by atoms with Gasteiger partial charge >= 0.3 is 6.18 Å². The first kappa shape index (κ1) is 21.1. The van der Waals surface area contributed by atoms with E-state index in [4.69, 9.17) is 0 Å². The molecule has 0 aliphatic carbocycles. The van der Waals surface area contributed by atoms with Crippen molar-refractivity contribution < 1.29 is 22.8 Å². The molecule has 0 unspecified atom stereocenters. The zero-order valence-electron chi connectivity index (χ0n) is 15.2. The molecular formula is C20H20F3N3O2. The van der Waals surface area contributed by atoms with Gasteiger partial charge in [0.1, 0.15) is 0 Å². The molecule has 2 amide bonds. The fourth-order valence-electron chi connectivity index (χ4n) is 2.29. The third-order valence-electron chi connectivity index (χ3n) is 3.78. The fourth-order valence-corrected chi connectivity index (χ4v) is 2.29. The van der Waals surface area contributed by atoms with E-state index < -0.39 is 17.6 Å². The lowest BCUT2D eigenvalue weighted by Crippen LogP contribution is -2.18. The normalized spacial score (nSPS) is 11.4. The van der Waals surface area contributed by atoms with Crippen LogP contribution in [0, 0.1) is 0 Å². The molecule has 0 fully saturated rings. The molecule has 2 aromatic carbocycles. The van der Waals surface area contributed by atoms with Crippen molar-refractivity contribution in [3.05, 3.63) is 65.2 Å². The van der Waals surface area contributed by atoms with E-state index in [1.54, 1.807) is 12.1 Å². The summed E-state index contributed by atoms with van der Waals surface area (Å²) in [6.07, 6.45) is -1.15. The van der Waals surface area contributed by atoms with E-state index in [1.807, 2.05) is 6.92 Å². The molecule has 8 heteroatoms. The van der Waals surface area contributed by atoms with Crippen LogP contribution >= 0.6 is 0 Å². The molecule has 2 rings (SSSR count). The molecular weight excluding hydrogens is 371 g/mol. The number of anilines is 1. The van der Waals surface area contributed by atoms with E-state index >= 15 is 0 Å². The number of hydrogen-bond acceptors (Lipinski definition) is 3. The van der Waals surface area contributed by atoms with Crippen LogP contribution in [0.1, 0.15) is 47.7 Å². The number of carbonyl (C=O) groups is 2. The smallest absolute Gasteiger partial charge is 0.326 e. The Bertz CT molecular complexity index is 847. The number of amides is 2. The Labute approximate surface area is 160 Å². The Morgan fingerprint density at radius 3 is 2.46 bits per heavy atom. The molecule has 0 spiro atoms. The van der Waals surface area contributed by atoms with E-state index in [9.17, 15) is 22.8 Å². The maximum absolute atomic E-state index is 12.7. The average molecular weight is 391 g/mol. The second-order valence-corrected chi connectivity index (χ2v) is 6.05. The predicted octanol–water partition coefficient (Wildman–Crippen LogP) is 4.60. The molecule has 0 aliphatic rings. The van der Waals surface area contributed by atoms with Gasteiger partial charge in [0.05, 0.1) is 11.8 Å². The maximum Gasteiger partial charge on any atom is 0.416 e. The van der Waals surface area contributed by atoms with Crippen LogP contribution in [-0.4, -0.2) is 18.0 Å². The third-order valence-corrected chi connectivity index (χ3v) is 3.78. The van der Waals surface area contributed by atoms with Crippen molar-refractivity contribution >= 4 is 23.7 Å². The summed E-state index contributed by atoms with van der Waals surface area (Å²) in [7, 11) is 0. The first-order valence-electron chi connectivity index (χ1n) is 8.70. The fraction of sp³-hybridized carbons (Fsp3) is 0.250. The number of alkyl halides is 3. The molecule has 0 radical (unpaired) electrons. The molecule has 148 valence electrons. The van der Waals surface area contributed by atoms with Gasteiger partial charge in [-0.3, -0.25) is 9.59 Å². The number of nitrogens with zero attached hydrogens (tertiary/aromatic N) is 1. The maximum atomic E-state index is 12.7. The molecule has 0 heterocycles. The Morgan fingerprint density at radius 1 is 1.11 bits per heavy atom. The molecule has 2 N–H and O–H groups in total. The number of hydrazone groups is 1. The van der Waals surface area contributed by atoms with Crippen LogP contribution in [0.25, 0.3) is 0 Å². The van der Waals surface area contributed by atoms with Crippen LogP contribution in [0.3, 0.4) is 0 Å². The van der Waals surface area contributed by atoms with Crippen molar-refractivity contribution in [1.82, 2.24) is 5.43 Å². The molecule has 0 bridgehead atoms. The van der Waals surface area contributed by atoms with Crippen molar-refractivity contribution in [3.8, 4) is 0 Å². The van der Waals surface area contributed by atoms with Crippen molar-refractivity contribution in [3.63, 3.8) is 0 Å². The first-order valence-corrected chi connectivity index (χ1v) is 8.70. The summed E-state index contributed by atoms with van der Waals surface area (Å²) in [5.41, 5.74) is 2.55. The summed E-state index contributed by atoms with van der Waals surface area (Å²) < 4.78 is 38.0. The van der Waals surface area contributed by atoms with E-state index in [0.717, 1.165) is 31.2 Å². The molecule has 0 saturated carbocycles. The van der Waals surface area contributed by atoms with Crippen LogP contribution in [0.4, 0.5) is 18.9 Å². The zero-order chi connectivity index (χ0) is 20.6. The molecule has 0 saturated heterocycles. The van der Waals surface area contributed by atoms with E-state index in [2.05, 4.69) is 15.8 Å². The SMILES string of the molecule is CCCCC(=O)Nc1ccc(C(=O)NN=Cc2cccc(C(F)(F)F)c2)cc1. The van der Waals surface area contributed by atoms with Gasteiger partial charge in [0.2, 0.25) is 5.91 Å². The summed E-state index contributed by atoms with van der Waals surface area (Å²) in [4.78, 5) is 23.7. The van der Waals surface area contributed by atoms with Crippen molar-refractivity contribution in [2.24, 2.45) is 5.10 Å². The van der Waals surface area contributed by atoms with Gasteiger partial charge in [-0.15, -0.1) is 0 Å². The Balaban J connectivity index is 1.92. The summed E-state index contributed by atoms with van der Waals surface area (Å²) in [5, 5.41) is 6.42. The highest BCUT2D eigenvalue weighted by molar-refractivity contribution is 5.96. The molecule has 0 aliphatic heterocycles. The van der Waals surface area contributed by atoms with Crippen molar-refractivity contribution in [2.75, 3.05) is 5.32 Å². The number of hydrogen-bond donors (Lipinski definition) is 2. The monoisotopic (exact) mass is 391 g/mol.